The fraction of sp³-hybridized carbons (Fsp3) is 0.938. The van der Waals surface area contributed by atoms with Crippen molar-refractivity contribution in [2.24, 2.45) is 16.2 Å². The molecule has 0 saturated heterocycles. The minimum Gasteiger partial charge on any atom is -0.348 e. The van der Waals surface area contributed by atoms with E-state index in [-0.39, 0.29) is 22.2 Å². The van der Waals surface area contributed by atoms with Gasteiger partial charge < -0.3 is 4.90 Å². The maximum Gasteiger partial charge on any atom is 0.228 e. The summed E-state index contributed by atoms with van der Waals surface area (Å²) in [5.74, 6) is 0.253. The second kappa shape index (κ2) is 5.63. The molecule has 0 aromatic heterocycles. The highest BCUT2D eigenvalue weighted by Crippen LogP contribution is 2.49. The summed E-state index contributed by atoms with van der Waals surface area (Å²) in [4.78, 5) is 14.4. The minimum absolute atomic E-state index is 0.0278. The molecule has 1 atom stereocenters. The summed E-state index contributed by atoms with van der Waals surface area (Å²) < 4.78 is 0. The molecule has 0 radical (unpaired) electrons. The van der Waals surface area contributed by atoms with Crippen LogP contribution >= 0.6 is 0 Å². The molecule has 0 aliphatic rings. The smallest absolute Gasteiger partial charge is 0.228 e. The third kappa shape index (κ3) is 3.49. The molecule has 2 heteroatoms. The Hall–Kier alpha value is -0.530. The third-order valence-electron chi connectivity index (χ3n) is 5.02. The highest BCUT2D eigenvalue weighted by molar-refractivity contribution is 5.82. The molecule has 2 nitrogen and oxygen atoms in total. The van der Waals surface area contributed by atoms with Crippen LogP contribution in [0.2, 0.25) is 0 Å². The van der Waals surface area contributed by atoms with Crippen LogP contribution in [-0.2, 0) is 4.79 Å². The summed E-state index contributed by atoms with van der Waals surface area (Å²) in [5, 5.41) is 0. The normalized spacial score (nSPS) is 16.3. The summed E-state index contributed by atoms with van der Waals surface area (Å²) in [6, 6.07) is 0. The molecule has 0 rings (SSSR count). The first-order valence-corrected chi connectivity index (χ1v) is 7.15. The molecule has 1 unspecified atom stereocenters. The van der Waals surface area contributed by atoms with Crippen molar-refractivity contribution in [2.45, 2.75) is 67.7 Å². The number of amides is 1. The van der Waals surface area contributed by atoms with Crippen molar-refractivity contribution in [3.63, 3.8) is 0 Å². The maximum absolute atomic E-state index is 12.6. The Morgan fingerprint density at radius 1 is 0.944 bits per heavy atom. The molecule has 0 aromatic carbocycles. The minimum atomic E-state index is -0.308. The van der Waals surface area contributed by atoms with E-state index < -0.39 is 0 Å². The second-order valence-corrected chi connectivity index (χ2v) is 7.48. The molecule has 18 heavy (non-hydrogen) atoms. The Bertz CT molecular complexity index is 284. The zero-order valence-electron chi connectivity index (χ0n) is 14.0. The van der Waals surface area contributed by atoms with E-state index in [2.05, 4.69) is 48.5 Å². The lowest BCUT2D eigenvalue weighted by Crippen LogP contribution is -2.49. The molecule has 108 valence electrons. The van der Waals surface area contributed by atoms with Gasteiger partial charge >= 0.3 is 0 Å². The molecule has 0 heterocycles. The van der Waals surface area contributed by atoms with Gasteiger partial charge in [-0.3, -0.25) is 4.79 Å². The van der Waals surface area contributed by atoms with Crippen molar-refractivity contribution in [3.05, 3.63) is 0 Å². The Balaban J connectivity index is 5.46. The Morgan fingerprint density at radius 3 is 1.56 bits per heavy atom. The average Bonchev–Trinajstić information content (AvgIpc) is 2.25. The first kappa shape index (κ1) is 17.5. The lowest BCUT2D eigenvalue weighted by atomic mass is 9.59. The number of hydrogen-bond donors (Lipinski definition) is 0. The van der Waals surface area contributed by atoms with Gasteiger partial charge in [0.15, 0.2) is 0 Å². The molecule has 0 N–H and O–H groups in total. The summed E-state index contributed by atoms with van der Waals surface area (Å²) in [6.45, 7) is 15.4. The van der Waals surface area contributed by atoms with Crippen LogP contribution in [0.3, 0.4) is 0 Å². The zero-order valence-corrected chi connectivity index (χ0v) is 14.0. The fourth-order valence-corrected chi connectivity index (χ4v) is 2.51. The van der Waals surface area contributed by atoms with Gasteiger partial charge in [-0.05, 0) is 17.3 Å². The SMILES string of the molecule is CCC(C)(CC)CC(C)(C(=O)N(C)C)C(C)(C)C. The fourth-order valence-electron chi connectivity index (χ4n) is 2.51. The van der Waals surface area contributed by atoms with E-state index in [1.807, 2.05) is 14.1 Å². The second-order valence-electron chi connectivity index (χ2n) is 7.48. The van der Waals surface area contributed by atoms with Crippen molar-refractivity contribution in [1.82, 2.24) is 4.90 Å². The van der Waals surface area contributed by atoms with E-state index in [4.69, 9.17) is 0 Å². The van der Waals surface area contributed by atoms with Gasteiger partial charge in [-0.1, -0.05) is 61.3 Å². The van der Waals surface area contributed by atoms with Crippen LogP contribution in [0.5, 0.6) is 0 Å². The van der Waals surface area contributed by atoms with Crippen LogP contribution in [0, 0.1) is 16.2 Å². The van der Waals surface area contributed by atoms with Crippen molar-refractivity contribution in [3.8, 4) is 0 Å². The molecule has 0 saturated carbocycles. The number of rotatable bonds is 5. The maximum atomic E-state index is 12.6. The van der Waals surface area contributed by atoms with Crippen LogP contribution in [0.15, 0.2) is 0 Å². The van der Waals surface area contributed by atoms with Crippen molar-refractivity contribution in [2.75, 3.05) is 14.1 Å². The Labute approximate surface area is 114 Å². The van der Waals surface area contributed by atoms with Crippen molar-refractivity contribution < 1.29 is 4.79 Å². The van der Waals surface area contributed by atoms with Gasteiger partial charge in [0, 0.05) is 14.1 Å². The Kier molecular flexibility index (Phi) is 5.46. The standard InChI is InChI=1S/C16H33NO/c1-10-15(6,11-2)12-16(7,14(3,4)5)13(18)17(8)9/h10-12H2,1-9H3. The molecule has 0 aliphatic carbocycles. The van der Waals surface area contributed by atoms with E-state index in [0.29, 0.717) is 0 Å². The number of carbonyl (C=O) groups excluding carboxylic acids is 1. The summed E-state index contributed by atoms with van der Waals surface area (Å²) >= 11 is 0. The molecule has 1 amide bonds. The van der Waals surface area contributed by atoms with E-state index in [1.165, 1.54) is 0 Å². The van der Waals surface area contributed by atoms with E-state index in [9.17, 15) is 4.79 Å². The summed E-state index contributed by atoms with van der Waals surface area (Å²) in [7, 11) is 3.73. The number of carbonyl (C=O) groups is 1. The lowest BCUT2D eigenvalue weighted by Gasteiger charge is -2.47. The largest absolute Gasteiger partial charge is 0.348 e. The number of hydrogen-bond acceptors (Lipinski definition) is 1. The van der Waals surface area contributed by atoms with Gasteiger partial charge in [0.1, 0.15) is 0 Å². The van der Waals surface area contributed by atoms with Gasteiger partial charge in [0.2, 0.25) is 5.91 Å². The van der Waals surface area contributed by atoms with Crippen LogP contribution < -0.4 is 0 Å². The molecular formula is C16H33NO. The Morgan fingerprint density at radius 2 is 1.33 bits per heavy atom. The molecular weight excluding hydrogens is 222 g/mol. The molecule has 0 bridgehead atoms. The molecule has 0 aromatic rings. The van der Waals surface area contributed by atoms with Gasteiger partial charge in [-0.15, -0.1) is 0 Å². The van der Waals surface area contributed by atoms with Crippen LogP contribution in [0.4, 0.5) is 0 Å². The van der Waals surface area contributed by atoms with Gasteiger partial charge in [0.05, 0.1) is 5.41 Å². The van der Waals surface area contributed by atoms with Crippen molar-refractivity contribution in [1.29, 1.82) is 0 Å². The predicted molar refractivity (Wildman–Crippen MR) is 79.6 cm³/mol. The summed E-state index contributed by atoms with van der Waals surface area (Å²) in [6.07, 6.45) is 3.19. The van der Waals surface area contributed by atoms with Gasteiger partial charge in [-0.2, -0.15) is 0 Å². The van der Waals surface area contributed by atoms with E-state index in [0.717, 1.165) is 19.3 Å². The van der Waals surface area contributed by atoms with E-state index >= 15 is 0 Å². The predicted octanol–water partition coefficient (Wildman–Crippen LogP) is 4.34. The quantitative estimate of drug-likeness (QED) is 0.715. The topological polar surface area (TPSA) is 20.3 Å². The summed E-state index contributed by atoms with van der Waals surface area (Å²) in [5.41, 5.74) is -0.0923. The first-order chi connectivity index (χ1) is 7.93. The van der Waals surface area contributed by atoms with Crippen LogP contribution in [0.1, 0.15) is 67.7 Å². The first-order valence-electron chi connectivity index (χ1n) is 7.15. The van der Waals surface area contributed by atoms with Gasteiger partial charge in [0.25, 0.3) is 0 Å². The van der Waals surface area contributed by atoms with Crippen molar-refractivity contribution >= 4 is 5.91 Å². The lowest BCUT2D eigenvalue weighted by molar-refractivity contribution is -0.148. The highest BCUT2D eigenvalue weighted by Gasteiger charge is 2.48. The molecule has 0 fully saturated rings. The highest BCUT2D eigenvalue weighted by atomic mass is 16.2. The average molecular weight is 255 g/mol. The van der Waals surface area contributed by atoms with Crippen LogP contribution in [0.25, 0.3) is 0 Å². The molecule has 0 aliphatic heterocycles. The van der Waals surface area contributed by atoms with E-state index in [1.54, 1.807) is 4.90 Å². The van der Waals surface area contributed by atoms with Gasteiger partial charge in [-0.25, -0.2) is 0 Å². The number of nitrogens with zero attached hydrogens (tertiary/aromatic N) is 1. The molecule has 0 spiro atoms. The monoisotopic (exact) mass is 255 g/mol. The third-order valence-corrected chi connectivity index (χ3v) is 5.02. The zero-order chi connectivity index (χ0) is 14.8. The van der Waals surface area contributed by atoms with Crippen LogP contribution in [-0.4, -0.2) is 24.9 Å².